The first kappa shape index (κ1) is 15.2. The third kappa shape index (κ3) is 6.39. The van der Waals surface area contributed by atoms with Gasteiger partial charge in [0, 0.05) is 19.8 Å². The molecule has 0 atom stereocenters. The van der Waals surface area contributed by atoms with E-state index >= 15 is 0 Å². The molecule has 2 N–H and O–H groups in total. The van der Waals surface area contributed by atoms with Gasteiger partial charge >= 0.3 is 6.18 Å². The Labute approximate surface area is 98.0 Å². The van der Waals surface area contributed by atoms with E-state index in [9.17, 15) is 13.2 Å². The first-order chi connectivity index (χ1) is 7.81. The van der Waals surface area contributed by atoms with Gasteiger partial charge in [-0.2, -0.15) is 13.2 Å². The maximum Gasteiger partial charge on any atom is 0.432 e. The van der Waals surface area contributed by atoms with Crippen LogP contribution in [0.5, 0.6) is 0 Å². The van der Waals surface area contributed by atoms with Crippen LogP contribution in [0.3, 0.4) is 0 Å². The van der Waals surface area contributed by atoms with Gasteiger partial charge in [-0.25, -0.2) is 0 Å². The van der Waals surface area contributed by atoms with Crippen molar-refractivity contribution in [1.82, 2.24) is 10.6 Å². The molecule has 0 bridgehead atoms. The van der Waals surface area contributed by atoms with Crippen LogP contribution < -0.4 is 10.6 Å². The summed E-state index contributed by atoms with van der Waals surface area (Å²) in [6, 6.07) is 0. The molecule has 7 heteroatoms. The fraction of sp³-hybridized carbons (Fsp3) is 0.400. The number of hydrogen-bond donors (Lipinski definition) is 2. The number of rotatable bonds is 5. The van der Waals surface area contributed by atoms with Gasteiger partial charge in [0.25, 0.3) is 0 Å². The van der Waals surface area contributed by atoms with Crippen LogP contribution in [-0.2, 0) is 0 Å². The average Bonchev–Trinajstić information content (AvgIpc) is 2.21. The maximum absolute atomic E-state index is 12.4. The molecule has 0 saturated heterocycles. The molecular weight excluding hydrogens is 233 g/mol. The average molecular weight is 248 g/mol. The van der Waals surface area contributed by atoms with Gasteiger partial charge in [-0.15, -0.1) is 0 Å². The number of aliphatic imine (C=N–C) groups is 2. The van der Waals surface area contributed by atoms with E-state index in [2.05, 4.69) is 27.2 Å². The van der Waals surface area contributed by atoms with E-state index in [1.807, 2.05) is 0 Å². The van der Waals surface area contributed by atoms with Crippen LogP contribution in [0, 0.1) is 0 Å². The Balaban J connectivity index is 4.60. The van der Waals surface area contributed by atoms with Gasteiger partial charge in [0.2, 0.25) is 0 Å². The Morgan fingerprint density at radius 3 is 2.29 bits per heavy atom. The van der Waals surface area contributed by atoms with Crippen LogP contribution in [0.15, 0.2) is 34.2 Å². The van der Waals surface area contributed by atoms with Gasteiger partial charge in [0.05, 0.1) is 6.34 Å². The van der Waals surface area contributed by atoms with Crippen molar-refractivity contribution in [3.8, 4) is 0 Å². The Hall–Kier alpha value is -1.79. The zero-order valence-electron chi connectivity index (χ0n) is 9.89. The number of allylic oxidation sites excluding steroid dienone is 2. The van der Waals surface area contributed by atoms with Gasteiger partial charge in [0.15, 0.2) is 0 Å². The molecule has 0 aliphatic rings. The van der Waals surface area contributed by atoms with Crippen LogP contribution in [0.1, 0.15) is 6.92 Å². The molecule has 0 radical (unpaired) electrons. The van der Waals surface area contributed by atoms with Gasteiger partial charge in [0.1, 0.15) is 11.5 Å². The highest BCUT2D eigenvalue weighted by molar-refractivity contribution is 5.99. The monoisotopic (exact) mass is 248 g/mol. The summed E-state index contributed by atoms with van der Waals surface area (Å²) in [6.45, 7) is 5.03. The molecule has 96 valence electrons. The highest BCUT2D eigenvalue weighted by atomic mass is 19.4. The molecule has 0 aromatic rings. The van der Waals surface area contributed by atoms with Crippen molar-refractivity contribution in [2.75, 3.05) is 14.1 Å². The summed E-state index contributed by atoms with van der Waals surface area (Å²) in [5.41, 5.74) is -0.690. The minimum Gasteiger partial charge on any atom is -0.346 e. The Bertz CT molecular complexity index is 353. The summed E-state index contributed by atoms with van der Waals surface area (Å²) in [5.74, 6) is 0.321. The van der Waals surface area contributed by atoms with E-state index in [1.54, 1.807) is 7.05 Å². The fourth-order valence-electron chi connectivity index (χ4n) is 0.931. The first-order valence-electron chi connectivity index (χ1n) is 4.66. The van der Waals surface area contributed by atoms with Crippen molar-refractivity contribution in [2.45, 2.75) is 13.1 Å². The fourth-order valence-corrected chi connectivity index (χ4v) is 0.931. The van der Waals surface area contributed by atoms with Gasteiger partial charge in [-0.3, -0.25) is 9.98 Å². The maximum atomic E-state index is 12.4. The molecule has 0 rings (SSSR count). The third-order valence-electron chi connectivity index (χ3n) is 1.60. The van der Waals surface area contributed by atoms with Gasteiger partial charge < -0.3 is 10.6 Å². The molecule has 0 aromatic carbocycles. The smallest absolute Gasteiger partial charge is 0.346 e. The molecule has 0 aromatic heterocycles. The van der Waals surface area contributed by atoms with Crippen LogP contribution >= 0.6 is 0 Å². The molecule has 0 aliphatic heterocycles. The summed E-state index contributed by atoms with van der Waals surface area (Å²) < 4.78 is 37.1. The Kier molecular flexibility index (Phi) is 6.01. The lowest BCUT2D eigenvalue weighted by Gasteiger charge is -2.11. The van der Waals surface area contributed by atoms with Crippen molar-refractivity contribution in [1.29, 1.82) is 0 Å². The van der Waals surface area contributed by atoms with E-state index in [1.165, 1.54) is 13.3 Å². The van der Waals surface area contributed by atoms with Gasteiger partial charge in [-0.05, 0) is 13.0 Å². The minimum atomic E-state index is -4.46. The van der Waals surface area contributed by atoms with Crippen LogP contribution in [-0.4, -0.2) is 32.3 Å². The lowest BCUT2D eigenvalue weighted by molar-refractivity contribution is -0.0578. The second-order valence-corrected chi connectivity index (χ2v) is 3.07. The summed E-state index contributed by atoms with van der Waals surface area (Å²) in [4.78, 5) is 6.81. The Morgan fingerprint density at radius 1 is 1.29 bits per heavy atom. The second kappa shape index (κ2) is 6.72. The summed E-state index contributed by atoms with van der Waals surface area (Å²) in [6.07, 6.45) is -2.20. The summed E-state index contributed by atoms with van der Waals surface area (Å²) in [7, 11) is 2.64. The number of nitrogens with one attached hydrogen (secondary N) is 2. The topological polar surface area (TPSA) is 48.8 Å². The highest BCUT2D eigenvalue weighted by Gasteiger charge is 2.33. The zero-order valence-corrected chi connectivity index (χ0v) is 9.89. The van der Waals surface area contributed by atoms with E-state index in [4.69, 9.17) is 0 Å². The number of alkyl halides is 3. The highest BCUT2D eigenvalue weighted by Crippen LogP contribution is 2.18. The molecule has 0 amide bonds. The van der Waals surface area contributed by atoms with Crippen molar-refractivity contribution in [3.63, 3.8) is 0 Å². The molecule has 0 unspecified atom stereocenters. The normalized spacial score (nSPS) is 14.0. The lowest BCUT2D eigenvalue weighted by Crippen LogP contribution is -2.26. The van der Waals surface area contributed by atoms with Crippen molar-refractivity contribution in [2.24, 2.45) is 9.98 Å². The van der Waals surface area contributed by atoms with E-state index in [0.717, 1.165) is 13.1 Å². The van der Waals surface area contributed by atoms with Crippen LogP contribution in [0.2, 0.25) is 0 Å². The molecule has 0 aliphatic carbocycles. The quantitative estimate of drug-likeness (QED) is 0.576. The SMILES string of the molecule is C=C(NC=NC)N/C(C)=C/C(=NC)C(F)(F)F. The summed E-state index contributed by atoms with van der Waals surface area (Å²) in [5, 5.41) is 5.27. The van der Waals surface area contributed by atoms with Crippen LogP contribution in [0.4, 0.5) is 13.2 Å². The van der Waals surface area contributed by atoms with Gasteiger partial charge in [-0.1, -0.05) is 6.58 Å². The van der Waals surface area contributed by atoms with E-state index in [0.29, 0.717) is 5.82 Å². The first-order valence-corrected chi connectivity index (χ1v) is 4.66. The van der Waals surface area contributed by atoms with Crippen molar-refractivity contribution >= 4 is 12.1 Å². The van der Waals surface area contributed by atoms with Crippen molar-refractivity contribution in [3.05, 3.63) is 24.2 Å². The molecular formula is C10H15F3N4. The minimum absolute atomic E-state index is 0.268. The largest absolute Gasteiger partial charge is 0.432 e. The molecule has 17 heavy (non-hydrogen) atoms. The number of nitrogens with zero attached hydrogens (tertiary/aromatic N) is 2. The lowest BCUT2D eigenvalue weighted by atomic mass is 10.3. The third-order valence-corrected chi connectivity index (χ3v) is 1.60. The predicted octanol–water partition coefficient (Wildman–Crippen LogP) is 1.83. The van der Waals surface area contributed by atoms with E-state index < -0.39 is 11.9 Å². The number of halogens is 3. The zero-order chi connectivity index (χ0) is 13.5. The molecule has 0 spiro atoms. The van der Waals surface area contributed by atoms with E-state index in [-0.39, 0.29) is 5.70 Å². The summed E-state index contributed by atoms with van der Waals surface area (Å²) >= 11 is 0. The number of hydrogen-bond acceptors (Lipinski definition) is 3. The molecule has 0 fully saturated rings. The second-order valence-electron chi connectivity index (χ2n) is 3.07. The molecule has 0 heterocycles. The van der Waals surface area contributed by atoms with Crippen LogP contribution in [0.25, 0.3) is 0 Å². The predicted molar refractivity (Wildman–Crippen MR) is 63.0 cm³/mol. The standard InChI is InChI=1S/C10H15F3N4/c1-7(17-8(2)16-6-14-3)5-9(15-4)10(11,12)13/h5-6,17H,2H2,1,3-4H3,(H,14,16)/b7-5+,15-9?. The Morgan fingerprint density at radius 2 is 1.88 bits per heavy atom. The molecule has 4 nitrogen and oxygen atoms in total. The molecule has 0 saturated carbocycles. The van der Waals surface area contributed by atoms with Crippen molar-refractivity contribution < 1.29 is 13.2 Å².